The summed E-state index contributed by atoms with van der Waals surface area (Å²) in [6.07, 6.45) is 3.45. The number of nitrogens with zero attached hydrogens (tertiary/aromatic N) is 1. The van der Waals surface area contributed by atoms with Crippen LogP contribution in [0.1, 0.15) is 44.7 Å². The zero-order valence-electron chi connectivity index (χ0n) is 12.0. The minimum atomic E-state index is 0.114. The van der Waals surface area contributed by atoms with Gasteiger partial charge in [-0.05, 0) is 38.7 Å². The highest BCUT2D eigenvalue weighted by atomic mass is 16.3. The van der Waals surface area contributed by atoms with Crippen molar-refractivity contribution in [2.24, 2.45) is 0 Å². The highest BCUT2D eigenvalue weighted by Crippen LogP contribution is 2.35. The fraction of sp³-hybridized carbons (Fsp3) is 0.529. The van der Waals surface area contributed by atoms with E-state index in [4.69, 9.17) is 0 Å². The maximum absolute atomic E-state index is 9.85. The van der Waals surface area contributed by atoms with Crippen LogP contribution in [0.3, 0.4) is 0 Å². The predicted octanol–water partition coefficient (Wildman–Crippen LogP) is 3.54. The van der Waals surface area contributed by atoms with E-state index in [0.717, 1.165) is 6.42 Å². The normalized spacial score (nSPS) is 25.4. The first-order valence-electron chi connectivity index (χ1n) is 7.21. The molecule has 0 spiro atoms. The van der Waals surface area contributed by atoms with Crippen LogP contribution in [0.25, 0.3) is 0 Å². The summed E-state index contributed by atoms with van der Waals surface area (Å²) >= 11 is 0. The lowest BCUT2D eigenvalue weighted by atomic mass is 10.0. The third kappa shape index (κ3) is 3.26. The van der Waals surface area contributed by atoms with Gasteiger partial charge in [0.1, 0.15) is 0 Å². The molecule has 19 heavy (non-hydrogen) atoms. The Balaban J connectivity index is 2.22. The SMILES string of the molecule is C=C(C)CC1CCC(C)N1C(CO)c1ccccc1. The second-order valence-electron chi connectivity index (χ2n) is 5.80. The molecule has 104 valence electrons. The molecule has 1 aliphatic heterocycles. The summed E-state index contributed by atoms with van der Waals surface area (Å²) in [6.45, 7) is 8.59. The molecule has 1 fully saturated rings. The van der Waals surface area contributed by atoms with Gasteiger partial charge in [-0.15, -0.1) is 6.58 Å². The molecule has 2 heteroatoms. The molecule has 1 heterocycles. The lowest BCUT2D eigenvalue weighted by molar-refractivity contribution is 0.0828. The summed E-state index contributed by atoms with van der Waals surface area (Å²) in [4.78, 5) is 2.49. The summed E-state index contributed by atoms with van der Waals surface area (Å²) in [6, 6.07) is 11.5. The molecule has 3 atom stereocenters. The largest absolute Gasteiger partial charge is 0.394 e. The van der Waals surface area contributed by atoms with E-state index in [1.165, 1.54) is 24.0 Å². The first-order valence-corrected chi connectivity index (χ1v) is 7.21. The van der Waals surface area contributed by atoms with Crippen molar-refractivity contribution in [2.45, 2.75) is 51.2 Å². The summed E-state index contributed by atoms with van der Waals surface area (Å²) in [5, 5.41) is 9.85. The van der Waals surface area contributed by atoms with Gasteiger partial charge in [-0.25, -0.2) is 0 Å². The summed E-state index contributed by atoms with van der Waals surface area (Å²) in [5.41, 5.74) is 2.44. The van der Waals surface area contributed by atoms with Crippen molar-refractivity contribution in [3.05, 3.63) is 48.0 Å². The average Bonchev–Trinajstić information content (AvgIpc) is 2.73. The van der Waals surface area contributed by atoms with Crippen molar-refractivity contribution in [1.82, 2.24) is 4.90 Å². The minimum absolute atomic E-state index is 0.114. The maximum Gasteiger partial charge on any atom is 0.0628 e. The fourth-order valence-corrected chi connectivity index (χ4v) is 3.31. The van der Waals surface area contributed by atoms with E-state index in [2.05, 4.69) is 37.5 Å². The van der Waals surface area contributed by atoms with E-state index in [-0.39, 0.29) is 12.6 Å². The highest BCUT2D eigenvalue weighted by Gasteiger charge is 2.35. The summed E-state index contributed by atoms with van der Waals surface area (Å²) in [7, 11) is 0. The van der Waals surface area contributed by atoms with Gasteiger partial charge in [0.2, 0.25) is 0 Å². The van der Waals surface area contributed by atoms with Gasteiger partial charge in [0.25, 0.3) is 0 Å². The third-order valence-electron chi connectivity index (χ3n) is 4.15. The van der Waals surface area contributed by atoms with Gasteiger partial charge in [-0.1, -0.05) is 35.9 Å². The van der Waals surface area contributed by atoms with Crippen molar-refractivity contribution < 1.29 is 5.11 Å². The number of rotatable bonds is 5. The van der Waals surface area contributed by atoms with Crippen molar-refractivity contribution >= 4 is 0 Å². The molecule has 1 aromatic rings. The number of aliphatic hydroxyl groups is 1. The molecule has 2 rings (SSSR count). The van der Waals surface area contributed by atoms with Crippen molar-refractivity contribution in [3.63, 3.8) is 0 Å². The quantitative estimate of drug-likeness (QED) is 0.818. The summed E-state index contributed by atoms with van der Waals surface area (Å²) < 4.78 is 0. The number of benzene rings is 1. The van der Waals surface area contributed by atoms with Crippen LogP contribution in [0, 0.1) is 0 Å². The number of hydrogen-bond donors (Lipinski definition) is 1. The second-order valence-corrected chi connectivity index (χ2v) is 5.80. The Morgan fingerprint density at radius 2 is 2.05 bits per heavy atom. The molecule has 0 aliphatic carbocycles. The topological polar surface area (TPSA) is 23.5 Å². The lowest BCUT2D eigenvalue weighted by Crippen LogP contribution is -2.39. The molecular formula is C17H25NO. The van der Waals surface area contributed by atoms with E-state index in [1.54, 1.807) is 0 Å². The van der Waals surface area contributed by atoms with Crippen LogP contribution in [-0.2, 0) is 0 Å². The Hall–Kier alpha value is -1.12. The lowest BCUT2D eigenvalue weighted by Gasteiger charge is -2.36. The van der Waals surface area contributed by atoms with Gasteiger partial charge in [0.05, 0.1) is 12.6 Å². The highest BCUT2D eigenvalue weighted by molar-refractivity contribution is 5.20. The number of hydrogen-bond acceptors (Lipinski definition) is 2. The Bertz CT molecular complexity index is 415. The van der Waals surface area contributed by atoms with Crippen LogP contribution >= 0.6 is 0 Å². The fourth-order valence-electron chi connectivity index (χ4n) is 3.31. The van der Waals surface area contributed by atoms with Gasteiger partial charge in [0, 0.05) is 12.1 Å². The first-order chi connectivity index (χ1) is 9.13. The van der Waals surface area contributed by atoms with Gasteiger partial charge >= 0.3 is 0 Å². The van der Waals surface area contributed by atoms with Crippen LogP contribution in [0.4, 0.5) is 0 Å². The van der Waals surface area contributed by atoms with E-state index >= 15 is 0 Å². The standard InChI is InChI=1S/C17H25NO/c1-13(2)11-16-10-9-14(3)18(16)17(12-19)15-7-5-4-6-8-15/h4-8,14,16-17,19H,1,9-12H2,2-3H3. The third-order valence-corrected chi connectivity index (χ3v) is 4.15. The van der Waals surface area contributed by atoms with E-state index in [9.17, 15) is 5.11 Å². The molecule has 1 N–H and O–H groups in total. The van der Waals surface area contributed by atoms with Crippen LogP contribution in [-0.4, -0.2) is 28.7 Å². The predicted molar refractivity (Wildman–Crippen MR) is 80.0 cm³/mol. The average molecular weight is 259 g/mol. The molecule has 0 bridgehead atoms. The van der Waals surface area contributed by atoms with E-state index in [0.29, 0.717) is 12.1 Å². The Morgan fingerprint density at radius 3 is 2.63 bits per heavy atom. The van der Waals surface area contributed by atoms with Crippen molar-refractivity contribution in [3.8, 4) is 0 Å². The minimum Gasteiger partial charge on any atom is -0.394 e. The van der Waals surface area contributed by atoms with Crippen molar-refractivity contribution in [2.75, 3.05) is 6.61 Å². The zero-order valence-corrected chi connectivity index (χ0v) is 12.0. The van der Waals surface area contributed by atoms with Gasteiger partial charge in [-0.2, -0.15) is 0 Å². The zero-order chi connectivity index (χ0) is 13.8. The molecule has 0 amide bonds. The Kier molecular flexibility index (Phi) is 4.78. The molecule has 1 aromatic carbocycles. The van der Waals surface area contributed by atoms with Gasteiger partial charge < -0.3 is 5.11 Å². The van der Waals surface area contributed by atoms with E-state index < -0.39 is 0 Å². The van der Waals surface area contributed by atoms with E-state index in [1.807, 2.05) is 18.2 Å². The molecular weight excluding hydrogens is 234 g/mol. The Morgan fingerprint density at radius 1 is 1.37 bits per heavy atom. The first kappa shape index (κ1) is 14.3. The van der Waals surface area contributed by atoms with Crippen LogP contribution < -0.4 is 0 Å². The van der Waals surface area contributed by atoms with Gasteiger partial charge in [-0.3, -0.25) is 4.90 Å². The molecule has 1 aliphatic rings. The number of aliphatic hydroxyl groups excluding tert-OH is 1. The van der Waals surface area contributed by atoms with Crippen LogP contribution in [0.2, 0.25) is 0 Å². The molecule has 2 nitrogen and oxygen atoms in total. The smallest absolute Gasteiger partial charge is 0.0628 e. The molecule has 0 saturated carbocycles. The van der Waals surface area contributed by atoms with Crippen LogP contribution in [0.15, 0.2) is 42.5 Å². The van der Waals surface area contributed by atoms with Crippen molar-refractivity contribution in [1.29, 1.82) is 0 Å². The summed E-state index contributed by atoms with van der Waals surface area (Å²) in [5.74, 6) is 0. The molecule has 1 saturated heterocycles. The number of likely N-dealkylation sites (tertiary alicyclic amines) is 1. The Labute approximate surface area is 116 Å². The molecule has 3 unspecified atom stereocenters. The monoisotopic (exact) mass is 259 g/mol. The van der Waals surface area contributed by atoms with Crippen LogP contribution in [0.5, 0.6) is 0 Å². The maximum atomic E-state index is 9.85. The van der Waals surface area contributed by atoms with Gasteiger partial charge in [0.15, 0.2) is 0 Å². The molecule has 0 aromatic heterocycles. The second kappa shape index (κ2) is 6.36. The molecule has 0 radical (unpaired) electrons.